The first kappa shape index (κ1) is 26.0. The summed E-state index contributed by atoms with van der Waals surface area (Å²) < 4.78 is 85.5. The largest absolute Gasteiger partial charge is 0.439 e. The highest BCUT2D eigenvalue weighted by Gasteiger charge is 2.43. The molecule has 190 valence electrons. The molecular weight excluding hydrogens is 609 g/mol. The maximum absolute atomic E-state index is 13.3. The van der Waals surface area contributed by atoms with E-state index in [2.05, 4.69) is 0 Å². The maximum Gasteiger partial charge on any atom is 0.416 e. The molecule has 1 heterocycles. The first-order chi connectivity index (χ1) is 16.7. The topological polar surface area (TPSA) is 72.7 Å². The normalized spacial score (nSPS) is 18.6. The van der Waals surface area contributed by atoms with Crippen LogP contribution in [0.1, 0.15) is 35.3 Å². The van der Waals surface area contributed by atoms with E-state index in [-0.39, 0.29) is 18.3 Å². The van der Waals surface area contributed by atoms with Crippen LogP contribution in [-0.4, -0.2) is 22.0 Å². The summed E-state index contributed by atoms with van der Waals surface area (Å²) in [6.45, 7) is 1.39. The van der Waals surface area contributed by atoms with Gasteiger partial charge in [-0.15, -0.1) is 0 Å². The summed E-state index contributed by atoms with van der Waals surface area (Å²) in [5.41, 5.74) is -2.95. The van der Waals surface area contributed by atoms with Gasteiger partial charge in [0.2, 0.25) is 0 Å². The van der Waals surface area contributed by atoms with E-state index < -0.39 is 52.2 Å². The lowest BCUT2D eigenvalue weighted by molar-refractivity contribution is -0.383. The molecule has 1 amide bonds. The minimum atomic E-state index is -5.04. The number of benzene rings is 3. The van der Waals surface area contributed by atoms with E-state index in [4.69, 9.17) is 4.74 Å². The molecule has 0 radical (unpaired) electrons. The number of hydrogen-bond donors (Lipinski definition) is 0. The van der Waals surface area contributed by atoms with Crippen LogP contribution in [0.25, 0.3) is 10.8 Å². The van der Waals surface area contributed by atoms with E-state index in [1.807, 2.05) is 22.6 Å². The van der Waals surface area contributed by atoms with Crippen molar-refractivity contribution in [2.75, 3.05) is 0 Å². The molecule has 1 saturated heterocycles. The van der Waals surface area contributed by atoms with Gasteiger partial charge in [0.15, 0.2) is 0 Å². The van der Waals surface area contributed by atoms with E-state index >= 15 is 0 Å². The number of carbonyl (C=O) groups is 1. The van der Waals surface area contributed by atoms with E-state index in [9.17, 15) is 41.3 Å². The second kappa shape index (κ2) is 9.09. The fourth-order valence-corrected chi connectivity index (χ4v) is 4.73. The number of nitrogens with zero attached hydrogens (tertiary/aromatic N) is 2. The van der Waals surface area contributed by atoms with Crippen LogP contribution in [0.2, 0.25) is 0 Å². The van der Waals surface area contributed by atoms with E-state index in [1.54, 1.807) is 18.2 Å². The number of amides is 1. The minimum Gasteiger partial charge on any atom is -0.439 e. The summed E-state index contributed by atoms with van der Waals surface area (Å²) in [5, 5.41) is 12.2. The van der Waals surface area contributed by atoms with Crippen molar-refractivity contribution in [3.05, 3.63) is 84.5 Å². The molecule has 6 nitrogen and oxygen atoms in total. The van der Waals surface area contributed by atoms with E-state index in [0.717, 1.165) is 0 Å². The van der Waals surface area contributed by atoms with Crippen LogP contribution >= 0.6 is 22.6 Å². The average molecular weight is 624 g/mol. The molecule has 1 fully saturated rings. The third-order valence-corrected chi connectivity index (χ3v) is 6.90. The summed E-state index contributed by atoms with van der Waals surface area (Å²) in [6, 6.07) is 7.94. The Morgan fingerprint density at radius 3 is 2.19 bits per heavy atom. The number of nitro groups is 1. The maximum atomic E-state index is 13.3. The van der Waals surface area contributed by atoms with Crippen molar-refractivity contribution >= 4 is 45.1 Å². The number of fused-ring (bicyclic) bond motifs is 1. The van der Waals surface area contributed by atoms with Gasteiger partial charge in [-0.25, -0.2) is 4.79 Å². The van der Waals surface area contributed by atoms with Gasteiger partial charge in [-0.1, -0.05) is 12.1 Å². The number of hydrogen-bond acceptors (Lipinski definition) is 4. The van der Waals surface area contributed by atoms with Crippen molar-refractivity contribution in [1.82, 2.24) is 4.90 Å². The molecule has 0 saturated carbocycles. The van der Waals surface area contributed by atoms with Crippen LogP contribution in [0.15, 0.2) is 48.5 Å². The average Bonchev–Trinajstić information content (AvgIpc) is 3.06. The van der Waals surface area contributed by atoms with Crippen LogP contribution in [0.3, 0.4) is 0 Å². The van der Waals surface area contributed by atoms with Gasteiger partial charge in [0.1, 0.15) is 6.10 Å². The van der Waals surface area contributed by atoms with Gasteiger partial charge >= 0.3 is 18.4 Å². The Labute approximate surface area is 213 Å². The highest BCUT2D eigenvalue weighted by Crippen LogP contribution is 2.41. The van der Waals surface area contributed by atoms with Crippen LogP contribution < -0.4 is 0 Å². The first-order valence-electron chi connectivity index (χ1n) is 10.3. The van der Waals surface area contributed by atoms with Crippen LogP contribution in [-0.2, 0) is 23.6 Å². The Morgan fingerprint density at radius 2 is 1.64 bits per heavy atom. The number of rotatable bonds is 4. The summed E-state index contributed by atoms with van der Waals surface area (Å²) in [5.74, 6) is 0. The van der Waals surface area contributed by atoms with Crippen molar-refractivity contribution in [1.29, 1.82) is 0 Å². The van der Waals surface area contributed by atoms with Crippen LogP contribution in [0.5, 0.6) is 0 Å². The fourth-order valence-electron chi connectivity index (χ4n) is 4.10. The van der Waals surface area contributed by atoms with Crippen molar-refractivity contribution < 1.29 is 40.8 Å². The summed E-state index contributed by atoms with van der Waals surface area (Å²) in [6.07, 6.45) is -12.4. The van der Waals surface area contributed by atoms with Crippen molar-refractivity contribution in [3.63, 3.8) is 0 Å². The monoisotopic (exact) mass is 624 g/mol. The van der Waals surface area contributed by atoms with Gasteiger partial charge in [0, 0.05) is 9.64 Å². The molecule has 0 aromatic heterocycles. The highest BCUT2D eigenvalue weighted by atomic mass is 127. The molecule has 36 heavy (non-hydrogen) atoms. The van der Waals surface area contributed by atoms with Crippen molar-refractivity contribution in [2.45, 2.75) is 38.0 Å². The smallest absolute Gasteiger partial charge is 0.416 e. The first-order valence-corrected chi connectivity index (χ1v) is 11.4. The van der Waals surface area contributed by atoms with E-state index in [0.29, 0.717) is 32.0 Å². The lowest BCUT2D eigenvalue weighted by Crippen LogP contribution is -2.31. The summed E-state index contributed by atoms with van der Waals surface area (Å²) in [4.78, 5) is 24.6. The summed E-state index contributed by atoms with van der Waals surface area (Å²) in [7, 11) is 0. The Balaban J connectivity index is 1.69. The molecule has 4 rings (SSSR count). The number of carbonyl (C=O) groups excluding carboxylic acids is 1. The van der Waals surface area contributed by atoms with Gasteiger partial charge < -0.3 is 4.74 Å². The molecular formula is C23H15F6IN2O4. The van der Waals surface area contributed by atoms with Gasteiger partial charge in [0.25, 0.3) is 5.69 Å². The zero-order valence-electron chi connectivity index (χ0n) is 18.2. The molecule has 3 aromatic carbocycles. The number of non-ortho nitro benzene ring substituents is 1. The van der Waals surface area contributed by atoms with Crippen molar-refractivity contribution in [3.8, 4) is 0 Å². The Bertz CT molecular complexity index is 1340. The van der Waals surface area contributed by atoms with Crippen molar-refractivity contribution in [2.24, 2.45) is 0 Å². The Kier molecular flexibility index (Phi) is 6.56. The lowest BCUT2D eigenvalue weighted by Gasteiger charge is -2.23. The van der Waals surface area contributed by atoms with Crippen LogP contribution in [0, 0.1) is 13.7 Å². The molecule has 0 bridgehead atoms. The lowest BCUT2D eigenvalue weighted by atomic mass is 9.97. The van der Waals surface area contributed by atoms with Gasteiger partial charge in [0.05, 0.1) is 34.0 Å². The highest BCUT2D eigenvalue weighted by molar-refractivity contribution is 14.1. The second-order valence-corrected chi connectivity index (χ2v) is 9.37. The number of nitro benzene ring substituents is 1. The molecule has 1 aliphatic heterocycles. The van der Waals surface area contributed by atoms with Gasteiger partial charge in [-0.05, 0) is 76.4 Å². The number of ether oxygens (including phenoxy) is 1. The molecule has 13 heteroatoms. The fraction of sp³-hybridized carbons (Fsp3) is 0.261. The zero-order chi connectivity index (χ0) is 26.6. The minimum absolute atomic E-state index is 0.0132. The second-order valence-electron chi connectivity index (χ2n) is 8.21. The Hall–Kier alpha value is -3.10. The predicted octanol–water partition coefficient (Wildman–Crippen LogP) is 7.47. The molecule has 2 atom stereocenters. The number of halogens is 7. The predicted molar refractivity (Wildman–Crippen MR) is 124 cm³/mol. The van der Waals surface area contributed by atoms with Gasteiger partial charge in [-0.2, -0.15) is 26.3 Å². The van der Waals surface area contributed by atoms with E-state index in [1.165, 1.54) is 24.0 Å². The molecule has 0 N–H and O–H groups in total. The molecule has 3 aromatic rings. The summed E-state index contributed by atoms with van der Waals surface area (Å²) >= 11 is 1.94. The number of alkyl halides is 6. The Morgan fingerprint density at radius 1 is 1.03 bits per heavy atom. The van der Waals surface area contributed by atoms with Gasteiger partial charge in [-0.3, -0.25) is 15.0 Å². The molecule has 0 unspecified atom stereocenters. The van der Waals surface area contributed by atoms with Crippen LogP contribution in [0.4, 0.5) is 36.8 Å². The standard InChI is InChI=1S/C23H15F6IN2O4/c1-11-20(13-6-15(22(24,25)26)8-16(7-13)23(27,28)29)36-21(33)31(11)10-14-5-12-3-2-4-19(32(34)35)17(12)9-18(14)30/h2-9,11,20H,10H2,1H3/t11-,20-/m0/s1. The SMILES string of the molecule is C[C@H]1[C@@H](c2cc(C(F)(F)F)cc(C(F)(F)F)c2)OC(=O)N1Cc1cc2cccc([N+](=O)[O-])c2cc1I. The number of cyclic esters (lactones) is 1. The molecule has 1 aliphatic rings. The molecule has 0 spiro atoms. The zero-order valence-corrected chi connectivity index (χ0v) is 20.3. The molecule has 0 aliphatic carbocycles. The third kappa shape index (κ3) is 4.92. The third-order valence-electron chi connectivity index (χ3n) is 5.89. The quantitative estimate of drug-likeness (QED) is 0.131.